The van der Waals surface area contributed by atoms with Crippen LogP contribution in [0.15, 0.2) is 97.5 Å². The minimum Gasteiger partial charge on any atom is -0.338 e. The third kappa shape index (κ3) is 6.40. The molecule has 7 rings (SSSR count). The van der Waals surface area contributed by atoms with Crippen molar-refractivity contribution < 1.29 is 12.8 Å². The van der Waals surface area contributed by atoms with Crippen LogP contribution in [0.3, 0.4) is 0 Å². The van der Waals surface area contributed by atoms with Gasteiger partial charge in [0.25, 0.3) is 0 Å². The van der Waals surface area contributed by atoms with Crippen molar-refractivity contribution in [3.8, 4) is 33.8 Å². The van der Waals surface area contributed by atoms with Gasteiger partial charge in [-0.15, -0.1) is 0 Å². The fourth-order valence-electron chi connectivity index (χ4n) is 5.45. The average molecular weight is 633 g/mol. The fourth-order valence-corrected chi connectivity index (χ4v) is 5.88. The topological polar surface area (TPSA) is 141 Å². The minimum atomic E-state index is -3.43. The Hall–Kier alpha value is -5.30. The second-order valence-corrected chi connectivity index (χ2v) is 12.9. The summed E-state index contributed by atoms with van der Waals surface area (Å²) < 4.78 is 40.2. The lowest BCUT2D eigenvalue weighted by Gasteiger charge is -2.08. The molecule has 5 aromatic heterocycles. The van der Waals surface area contributed by atoms with E-state index in [-0.39, 0.29) is 6.54 Å². The zero-order chi connectivity index (χ0) is 31.7. The molecule has 0 aliphatic carbocycles. The standard InChI is InChI=1S/C34H29FN8O2S/c1-46(44,45)39-19-22-11-24(14-26(35)13-22)27-9-10-38-34-28(27)15-31(41-34)33-32-30(42-43-33)8-7-29(40-32)25-12-23(18-37-20-25)17-36-16-21-5-3-2-4-6-21/h2-15,18,20,36,39H,16-17,19H2,1H3,(H,38,41)(H,42,43). The molecule has 12 heteroatoms. The summed E-state index contributed by atoms with van der Waals surface area (Å²) >= 11 is 0. The predicted octanol–water partition coefficient (Wildman–Crippen LogP) is 5.71. The number of H-pyrrole nitrogens is 2. The van der Waals surface area contributed by atoms with Gasteiger partial charge in [-0.3, -0.25) is 10.1 Å². The maximum atomic E-state index is 14.6. The second kappa shape index (κ2) is 12.2. The summed E-state index contributed by atoms with van der Waals surface area (Å²) in [6, 6.07) is 24.4. The molecule has 46 heavy (non-hydrogen) atoms. The Labute approximate surface area is 264 Å². The van der Waals surface area contributed by atoms with Crippen LogP contribution in [0.1, 0.15) is 16.7 Å². The van der Waals surface area contributed by atoms with Gasteiger partial charge in [-0.2, -0.15) is 5.10 Å². The molecule has 2 aromatic carbocycles. The van der Waals surface area contributed by atoms with E-state index >= 15 is 0 Å². The lowest BCUT2D eigenvalue weighted by atomic mass is 10.0. The van der Waals surface area contributed by atoms with Gasteiger partial charge in [0.2, 0.25) is 10.0 Å². The smallest absolute Gasteiger partial charge is 0.209 e. The van der Waals surface area contributed by atoms with Gasteiger partial charge >= 0.3 is 0 Å². The zero-order valence-corrected chi connectivity index (χ0v) is 25.6. The number of aromatic nitrogens is 6. The first-order valence-electron chi connectivity index (χ1n) is 14.6. The van der Waals surface area contributed by atoms with Crippen molar-refractivity contribution in [1.82, 2.24) is 40.2 Å². The quantitative estimate of drug-likeness (QED) is 0.151. The number of fused-ring (bicyclic) bond motifs is 2. The maximum Gasteiger partial charge on any atom is 0.209 e. The summed E-state index contributed by atoms with van der Waals surface area (Å²) in [4.78, 5) is 17.3. The summed E-state index contributed by atoms with van der Waals surface area (Å²) in [6.07, 6.45) is 6.36. The van der Waals surface area contributed by atoms with Gasteiger partial charge in [-0.25, -0.2) is 27.5 Å². The van der Waals surface area contributed by atoms with Crippen molar-refractivity contribution in [3.05, 3.63) is 120 Å². The van der Waals surface area contributed by atoms with Crippen LogP contribution in [0.25, 0.3) is 55.8 Å². The maximum absolute atomic E-state index is 14.6. The Balaban J connectivity index is 1.19. The molecule has 0 atom stereocenters. The third-order valence-corrected chi connectivity index (χ3v) is 8.26. The molecule has 0 aliphatic heterocycles. The first-order valence-corrected chi connectivity index (χ1v) is 16.4. The van der Waals surface area contributed by atoms with Crippen molar-refractivity contribution in [1.29, 1.82) is 0 Å². The first-order chi connectivity index (χ1) is 22.3. The molecule has 0 fully saturated rings. The summed E-state index contributed by atoms with van der Waals surface area (Å²) in [5, 5.41) is 11.9. The van der Waals surface area contributed by atoms with E-state index in [1.54, 1.807) is 24.5 Å². The van der Waals surface area contributed by atoms with Gasteiger partial charge in [0.05, 0.1) is 23.2 Å². The highest BCUT2D eigenvalue weighted by Gasteiger charge is 2.17. The number of sulfonamides is 1. The summed E-state index contributed by atoms with van der Waals surface area (Å²) in [6.45, 7) is 1.40. The number of pyridine rings is 3. The van der Waals surface area contributed by atoms with E-state index in [0.717, 1.165) is 46.1 Å². The van der Waals surface area contributed by atoms with E-state index in [2.05, 4.69) is 53.4 Å². The van der Waals surface area contributed by atoms with E-state index in [0.29, 0.717) is 40.2 Å². The fraction of sp³-hybridized carbons (Fsp3) is 0.118. The molecule has 0 saturated carbocycles. The molecule has 7 aromatic rings. The third-order valence-electron chi connectivity index (χ3n) is 7.59. The van der Waals surface area contributed by atoms with Crippen molar-refractivity contribution in [2.75, 3.05) is 6.26 Å². The Bertz CT molecular complexity index is 2300. The van der Waals surface area contributed by atoms with Crippen molar-refractivity contribution in [2.45, 2.75) is 19.6 Å². The molecule has 0 saturated heterocycles. The van der Waals surface area contributed by atoms with Crippen LogP contribution in [-0.4, -0.2) is 44.8 Å². The van der Waals surface area contributed by atoms with Crippen LogP contribution in [0.4, 0.5) is 4.39 Å². The lowest BCUT2D eigenvalue weighted by Crippen LogP contribution is -2.21. The number of rotatable bonds is 10. The highest BCUT2D eigenvalue weighted by atomic mass is 32.2. The average Bonchev–Trinajstić information content (AvgIpc) is 3.68. The number of aromatic amines is 2. The molecule has 10 nitrogen and oxygen atoms in total. The number of nitrogens with one attached hydrogen (secondary N) is 4. The van der Waals surface area contributed by atoms with Crippen LogP contribution in [0.5, 0.6) is 0 Å². The molecular weight excluding hydrogens is 603 g/mol. The van der Waals surface area contributed by atoms with Crippen LogP contribution in [0.2, 0.25) is 0 Å². The van der Waals surface area contributed by atoms with Crippen LogP contribution in [-0.2, 0) is 29.7 Å². The van der Waals surface area contributed by atoms with Gasteiger partial charge in [-0.05, 0) is 76.3 Å². The van der Waals surface area contributed by atoms with E-state index in [9.17, 15) is 12.8 Å². The summed E-state index contributed by atoms with van der Waals surface area (Å²) in [5.41, 5.74) is 9.11. The number of benzene rings is 2. The van der Waals surface area contributed by atoms with E-state index in [1.807, 2.05) is 42.6 Å². The second-order valence-electron chi connectivity index (χ2n) is 11.1. The molecule has 0 aliphatic rings. The zero-order valence-electron chi connectivity index (χ0n) is 24.8. The highest BCUT2D eigenvalue weighted by Crippen LogP contribution is 2.34. The molecule has 5 heterocycles. The van der Waals surface area contributed by atoms with E-state index < -0.39 is 15.8 Å². The molecular formula is C34H29FN8O2S. The van der Waals surface area contributed by atoms with E-state index in [4.69, 9.17) is 4.98 Å². The van der Waals surface area contributed by atoms with Crippen LogP contribution in [0, 0.1) is 5.82 Å². The molecule has 0 unspecified atom stereocenters. The first kappa shape index (κ1) is 29.4. The molecule has 230 valence electrons. The van der Waals surface area contributed by atoms with Gasteiger partial charge in [0.15, 0.2) is 0 Å². The van der Waals surface area contributed by atoms with Crippen molar-refractivity contribution in [2.24, 2.45) is 0 Å². The Kier molecular flexibility index (Phi) is 7.83. The molecule has 4 N–H and O–H groups in total. The molecule has 0 amide bonds. The Morgan fingerprint density at radius 3 is 2.52 bits per heavy atom. The molecule has 0 radical (unpaired) electrons. The number of hydrogen-bond donors (Lipinski definition) is 4. The van der Waals surface area contributed by atoms with Crippen LogP contribution >= 0.6 is 0 Å². The SMILES string of the molecule is CS(=O)(=O)NCc1cc(F)cc(-c2ccnc3[nH]c(-c4n[nH]c5ccc(-c6cncc(CNCc7ccccc7)c6)nc45)cc23)c1. The normalized spacial score (nSPS) is 11.9. The van der Waals surface area contributed by atoms with Crippen molar-refractivity contribution in [3.63, 3.8) is 0 Å². The molecule has 0 spiro atoms. The van der Waals surface area contributed by atoms with Gasteiger partial charge in [0, 0.05) is 49.2 Å². The predicted molar refractivity (Wildman–Crippen MR) is 176 cm³/mol. The Morgan fingerprint density at radius 1 is 0.848 bits per heavy atom. The number of nitrogens with zero attached hydrogens (tertiary/aromatic N) is 4. The van der Waals surface area contributed by atoms with E-state index in [1.165, 1.54) is 17.7 Å². The molecule has 0 bridgehead atoms. The van der Waals surface area contributed by atoms with Gasteiger partial charge in [0.1, 0.15) is 22.7 Å². The lowest BCUT2D eigenvalue weighted by molar-refractivity contribution is 0.586. The minimum absolute atomic E-state index is 0.0217. The Morgan fingerprint density at radius 2 is 1.67 bits per heavy atom. The monoisotopic (exact) mass is 632 g/mol. The van der Waals surface area contributed by atoms with Gasteiger partial charge in [-0.1, -0.05) is 30.3 Å². The number of hydrogen-bond acceptors (Lipinski definition) is 7. The summed E-state index contributed by atoms with van der Waals surface area (Å²) in [7, 11) is -3.43. The highest BCUT2D eigenvalue weighted by molar-refractivity contribution is 7.88. The largest absolute Gasteiger partial charge is 0.338 e. The summed E-state index contributed by atoms with van der Waals surface area (Å²) in [5.74, 6) is -0.468. The van der Waals surface area contributed by atoms with Crippen LogP contribution < -0.4 is 10.0 Å². The van der Waals surface area contributed by atoms with Gasteiger partial charge < -0.3 is 10.3 Å². The van der Waals surface area contributed by atoms with Crippen molar-refractivity contribution >= 4 is 32.1 Å². The number of halogens is 1.